The molecule has 0 spiro atoms. The Kier molecular flexibility index (Phi) is 5.16. The third-order valence-corrected chi connectivity index (χ3v) is 5.31. The number of benzene rings is 3. The fourth-order valence-electron chi connectivity index (χ4n) is 3.60. The second-order valence-corrected chi connectivity index (χ2v) is 7.34. The maximum absolute atomic E-state index is 5.47. The van der Waals surface area contributed by atoms with Crippen LogP contribution < -0.4 is 9.64 Å². The van der Waals surface area contributed by atoms with Gasteiger partial charge in [-0.3, -0.25) is 4.99 Å². The zero-order valence-corrected chi connectivity index (χ0v) is 16.8. The van der Waals surface area contributed by atoms with Crippen LogP contribution in [0, 0.1) is 13.8 Å². The van der Waals surface area contributed by atoms with Crippen LogP contribution in [0.2, 0.25) is 0 Å². The van der Waals surface area contributed by atoms with Gasteiger partial charge in [0, 0.05) is 25.0 Å². The fraction of sp³-hybridized carbons (Fsp3) is 0.240. The van der Waals surface area contributed by atoms with E-state index in [0.29, 0.717) is 6.61 Å². The molecule has 3 nitrogen and oxygen atoms in total. The normalized spacial score (nSPS) is 13.2. The minimum Gasteiger partial charge on any atom is -0.494 e. The summed E-state index contributed by atoms with van der Waals surface area (Å²) in [6, 6.07) is 21.2. The predicted molar refractivity (Wildman–Crippen MR) is 117 cm³/mol. The molecule has 0 aliphatic carbocycles. The summed E-state index contributed by atoms with van der Waals surface area (Å²) in [5.41, 5.74) is 8.93. The van der Waals surface area contributed by atoms with E-state index in [4.69, 9.17) is 4.74 Å². The molecule has 0 radical (unpaired) electrons. The van der Waals surface area contributed by atoms with Gasteiger partial charge in [-0.2, -0.15) is 0 Å². The zero-order valence-electron chi connectivity index (χ0n) is 16.8. The second kappa shape index (κ2) is 7.89. The molecule has 0 bridgehead atoms. The van der Waals surface area contributed by atoms with Crippen LogP contribution in [0.25, 0.3) is 0 Å². The minimum atomic E-state index is 0.677. The maximum atomic E-state index is 5.47. The standard InChI is InChI=1S/C25H26N2O/c1-4-28-25-11-7-23(8-12-25)26-15-20-5-9-24(10-6-20)27-16-21-13-18(2)19(3)14-22(21)17-27/h5-15H,4,16-17H2,1-3H3. The third-order valence-electron chi connectivity index (χ3n) is 5.31. The number of ether oxygens (including phenoxy) is 1. The molecular weight excluding hydrogens is 344 g/mol. The van der Waals surface area contributed by atoms with Crippen molar-refractivity contribution < 1.29 is 4.74 Å². The Morgan fingerprint density at radius 2 is 1.50 bits per heavy atom. The highest BCUT2D eigenvalue weighted by atomic mass is 16.5. The van der Waals surface area contributed by atoms with Crippen LogP contribution in [-0.2, 0) is 13.1 Å². The van der Waals surface area contributed by atoms with Crippen molar-refractivity contribution in [3.8, 4) is 5.75 Å². The highest BCUT2D eigenvalue weighted by molar-refractivity contribution is 5.82. The quantitative estimate of drug-likeness (QED) is 0.517. The molecule has 0 saturated carbocycles. The molecule has 0 amide bonds. The largest absolute Gasteiger partial charge is 0.494 e. The Morgan fingerprint density at radius 3 is 2.07 bits per heavy atom. The minimum absolute atomic E-state index is 0.677. The Labute approximate surface area is 167 Å². The molecule has 3 aromatic carbocycles. The first kappa shape index (κ1) is 18.3. The Morgan fingerprint density at radius 1 is 0.893 bits per heavy atom. The number of hydrogen-bond acceptors (Lipinski definition) is 3. The molecule has 4 rings (SSSR count). The van der Waals surface area contributed by atoms with Crippen LogP contribution >= 0.6 is 0 Å². The topological polar surface area (TPSA) is 24.8 Å². The van der Waals surface area contributed by atoms with Crippen LogP contribution in [0.4, 0.5) is 11.4 Å². The molecule has 0 fully saturated rings. The molecule has 0 saturated heterocycles. The van der Waals surface area contributed by atoms with Crippen molar-refractivity contribution >= 4 is 17.6 Å². The van der Waals surface area contributed by atoms with E-state index >= 15 is 0 Å². The first-order valence-electron chi connectivity index (χ1n) is 9.83. The molecule has 1 heterocycles. The lowest BCUT2D eigenvalue weighted by molar-refractivity contribution is 0.340. The van der Waals surface area contributed by atoms with Crippen molar-refractivity contribution in [2.75, 3.05) is 11.5 Å². The average Bonchev–Trinajstić information content (AvgIpc) is 3.11. The Balaban J connectivity index is 1.43. The van der Waals surface area contributed by atoms with E-state index in [1.807, 2.05) is 37.4 Å². The lowest BCUT2D eigenvalue weighted by Crippen LogP contribution is -2.14. The van der Waals surface area contributed by atoms with Crippen molar-refractivity contribution in [2.24, 2.45) is 4.99 Å². The number of fused-ring (bicyclic) bond motifs is 1. The number of aliphatic imine (C=N–C) groups is 1. The molecular formula is C25H26N2O. The van der Waals surface area contributed by atoms with Gasteiger partial charge in [-0.15, -0.1) is 0 Å². The van der Waals surface area contributed by atoms with Crippen LogP contribution in [0.15, 0.2) is 65.7 Å². The van der Waals surface area contributed by atoms with Crippen molar-refractivity contribution in [3.63, 3.8) is 0 Å². The van der Waals surface area contributed by atoms with E-state index in [1.165, 1.54) is 27.9 Å². The summed E-state index contributed by atoms with van der Waals surface area (Å²) in [4.78, 5) is 6.99. The zero-order chi connectivity index (χ0) is 19.5. The molecule has 0 N–H and O–H groups in total. The number of nitrogens with zero attached hydrogens (tertiary/aromatic N) is 2. The predicted octanol–water partition coefficient (Wildman–Crippen LogP) is 5.97. The first-order valence-corrected chi connectivity index (χ1v) is 9.83. The van der Waals surface area contributed by atoms with Gasteiger partial charge in [0.1, 0.15) is 5.75 Å². The van der Waals surface area contributed by atoms with Gasteiger partial charge >= 0.3 is 0 Å². The summed E-state index contributed by atoms with van der Waals surface area (Å²) in [6.07, 6.45) is 1.91. The number of rotatable bonds is 5. The summed E-state index contributed by atoms with van der Waals surface area (Å²) in [5, 5.41) is 0. The van der Waals surface area contributed by atoms with Gasteiger partial charge in [0.25, 0.3) is 0 Å². The van der Waals surface area contributed by atoms with Crippen LogP contribution in [0.5, 0.6) is 5.75 Å². The number of anilines is 1. The summed E-state index contributed by atoms with van der Waals surface area (Å²) >= 11 is 0. The fourth-order valence-corrected chi connectivity index (χ4v) is 3.60. The van der Waals surface area contributed by atoms with Crippen molar-refractivity contribution in [1.82, 2.24) is 0 Å². The van der Waals surface area contributed by atoms with Crippen molar-refractivity contribution in [3.05, 3.63) is 88.5 Å². The molecule has 28 heavy (non-hydrogen) atoms. The smallest absolute Gasteiger partial charge is 0.119 e. The molecule has 0 atom stereocenters. The van der Waals surface area contributed by atoms with Crippen molar-refractivity contribution in [1.29, 1.82) is 0 Å². The van der Waals surface area contributed by atoms with Gasteiger partial charge in [-0.1, -0.05) is 24.3 Å². The first-order chi connectivity index (χ1) is 13.6. The molecule has 3 heteroatoms. The third kappa shape index (κ3) is 3.94. The van der Waals surface area contributed by atoms with Crippen molar-refractivity contribution in [2.45, 2.75) is 33.9 Å². The van der Waals surface area contributed by atoms with Crippen LogP contribution in [0.3, 0.4) is 0 Å². The van der Waals surface area contributed by atoms with Crippen LogP contribution in [-0.4, -0.2) is 12.8 Å². The lowest BCUT2D eigenvalue weighted by Gasteiger charge is -2.17. The van der Waals surface area contributed by atoms with Gasteiger partial charge < -0.3 is 9.64 Å². The van der Waals surface area contributed by atoms with Gasteiger partial charge in [-0.05, 0) is 85.0 Å². The lowest BCUT2D eigenvalue weighted by atomic mass is 10.0. The molecule has 0 aromatic heterocycles. The number of hydrogen-bond donors (Lipinski definition) is 0. The van der Waals surface area contributed by atoms with E-state index in [9.17, 15) is 0 Å². The monoisotopic (exact) mass is 370 g/mol. The molecule has 142 valence electrons. The summed E-state index contributed by atoms with van der Waals surface area (Å²) in [5.74, 6) is 0.878. The Bertz CT molecular complexity index is 957. The summed E-state index contributed by atoms with van der Waals surface area (Å²) < 4.78 is 5.47. The summed E-state index contributed by atoms with van der Waals surface area (Å²) in [7, 11) is 0. The van der Waals surface area contributed by atoms with Gasteiger partial charge in [0.15, 0.2) is 0 Å². The maximum Gasteiger partial charge on any atom is 0.119 e. The summed E-state index contributed by atoms with van der Waals surface area (Å²) in [6.45, 7) is 9.01. The molecule has 1 aliphatic heterocycles. The van der Waals surface area contributed by atoms with Crippen LogP contribution in [0.1, 0.15) is 34.7 Å². The van der Waals surface area contributed by atoms with E-state index in [0.717, 1.165) is 30.1 Å². The molecule has 0 unspecified atom stereocenters. The molecule has 1 aliphatic rings. The Hall–Kier alpha value is -3.07. The van der Waals surface area contributed by atoms with Gasteiger partial charge in [0.2, 0.25) is 0 Å². The highest BCUT2D eigenvalue weighted by Crippen LogP contribution is 2.30. The van der Waals surface area contributed by atoms with E-state index in [1.54, 1.807) is 0 Å². The highest BCUT2D eigenvalue weighted by Gasteiger charge is 2.19. The van der Waals surface area contributed by atoms with E-state index in [-0.39, 0.29) is 0 Å². The SMILES string of the molecule is CCOc1ccc(N=Cc2ccc(N3Cc4cc(C)c(C)cc4C3)cc2)cc1. The second-order valence-electron chi connectivity index (χ2n) is 7.34. The van der Waals surface area contributed by atoms with E-state index < -0.39 is 0 Å². The molecule has 3 aromatic rings. The number of aryl methyl sites for hydroxylation is 2. The van der Waals surface area contributed by atoms with Gasteiger partial charge in [0.05, 0.1) is 12.3 Å². The van der Waals surface area contributed by atoms with E-state index in [2.05, 4.69) is 60.1 Å². The average molecular weight is 370 g/mol. The van der Waals surface area contributed by atoms with Gasteiger partial charge in [-0.25, -0.2) is 0 Å².